The van der Waals surface area contributed by atoms with E-state index in [1.165, 1.54) is 51.0 Å². The van der Waals surface area contributed by atoms with E-state index in [4.69, 9.17) is 18.9 Å². The molecule has 0 heterocycles. The summed E-state index contributed by atoms with van der Waals surface area (Å²) in [5, 5.41) is 0. The summed E-state index contributed by atoms with van der Waals surface area (Å²) in [6, 6.07) is 13.7. The molecule has 0 unspecified atom stereocenters. The highest BCUT2D eigenvalue weighted by Gasteiger charge is 2.52. The number of ether oxygens (including phenoxy) is 4. The van der Waals surface area contributed by atoms with Crippen LogP contribution >= 0.6 is 0 Å². The number of hydrogen-bond donors (Lipinski definition) is 0. The van der Waals surface area contributed by atoms with Crippen molar-refractivity contribution in [1.29, 1.82) is 0 Å². The van der Waals surface area contributed by atoms with E-state index >= 15 is 0 Å². The third-order valence-electron chi connectivity index (χ3n) is 7.79. The van der Waals surface area contributed by atoms with E-state index in [1.54, 1.807) is 19.2 Å². The monoisotopic (exact) mass is 474 g/mol. The Balaban J connectivity index is 1.39. The van der Waals surface area contributed by atoms with Crippen molar-refractivity contribution in [3.8, 4) is 23.3 Å². The van der Waals surface area contributed by atoms with Crippen molar-refractivity contribution in [2.75, 3.05) is 27.1 Å². The lowest BCUT2D eigenvalue weighted by atomic mass is 9.48. The van der Waals surface area contributed by atoms with E-state index < -0.39 is 0 Å². The minimum absolute atomic E-state index is 0.194. The Hall–Kier alpha value is -2.81. The number of esters is 1. The average Bonchev–Trinajstić information content (AvgIpc) is 2.83. The maximum Gasteiger partial charge on any atom is 0.308 e. The van der Waals surface area contributed by atoms with Gasteiger partial charge in [-0.25, -0.2) is 0 Å². The predicted octanol–water partition coefficient (Wildman–Crippen LogP) is 5.48. The summed E-state index contributed by atoms with van der Waals surface area (Å²) < 4.78 is 22.0. The number of carbonyl (C=O) groups excluding carboxylic acids is 1. The largest absolute Gasteiger partial charge is 0.467 e. The molecule has 0 spiro atoms. The topological polar surface area (TPSA) is 54.0 Å². The van der Waals surface area contributed by atoms with Crippen molar-refractivity contribution in [1.82, 2.24) is 0 Å². The smallest absolute Gasteiger partial charge is 0.308 e. The molecule has 184 valence electrons. The minimum Gasteiger partial charge on any atom is -0.467 e. The summed E-state index contributed by atoms with van der Waals surface area (Å²) >= 11 is 0. The highest BCUT2D eigenvalue weighted by Crippen LogP contribution is 2.61. The number of benzene rings is 2. The number of rotatable bonds is 8. The second-order valence-electron chi connectivity index (χ2n) is 10.4. The molecular weight excluding hydrogens is 440 g/mol. The average molecular weight is 475 g/mol. The zero-order valence-corrected chi connectivity index (χ0v) is 20.7. The molecule has 4 saturated carbocycles. The molecule has 35 heavy (non-hydrogen) atoms. The molecule has 6 rings (SSSR count). The fraction of sp³-hybridized carbons (Fsp3) is 0.500. The maximum absolute atomic E-state index is 11.1. The molecule has 0 atom stereocenters. The van der Waals surface area contributed by atoms with Crippen molar-refractivity contribution in [2.45, 2.75) is 50.9 Å². The Morgan fingerprint density at radius 3 is 2.17 bits per heavy atom. The number of methoxy groups -OCH3 is 1. The fourth-order valence-electron chi connectivity index (χ4n) is 6.81. The van der Waals surface area contributed by atoms with E-state index in [0.717, 1.165) is 34.6 Å². The molecule has 5 heteroatoms. The van der Waals surface area contributed by atoms with Gasteiger partial charge in [-0.3, -0.25) is 4.79 Å². The summed E-state index contributed by atoms with van der Waals surface area (Å²) in [4.78, 5) is 11.1. The van der Waals surface area contributed by atoms with Crippen molar-refractivity contribution in [2.24, 2.45) is 17.8 Å². The van der Waals surface area contributed by atoms with Gasteiger partial charge in [0.05, 0.1) is 13.2 Å². The maximum atomic E-state index is 11.1. The van der Waals surface area contributed by atoms with Crippen LogP contribution in [0.3, 0.4) is 0 Å². The SMILES string of the molecule is COCCOCOc1ccc(C#Cc2ccc(OC(C)=O)cc2)cc1C12CC3CC(CC(C3)C1)C2. The standard InChI is InChI=1S/C30H34O5/c1-21(31)35-27-8-5-22(6-9-27)3-4-23-7-10-29(34-20-33-12-11-32-2)28(16-23)30-17-24-13-25(18-30)15-26(14-24)19-30/h5-10,16,24-26H,11-15,17-20H2,1-2H3. The van der Waals surface area contributed by atoms with Crippen LogP contribution in [0, 0.1) is 29.6 Å². The summed E-state index contributed by atoms with van der Waals surface area (Å²) in [6.07, 6.45) is 7.98. The lowest BCUT2D eigenvalue weighted by Gasteiger charge is -2.57. The van der Waals surface area contributed by atoms with Gasteiger partial charge in [0.15, 0.2) is 6.79 Å². The van der Waals surface area contributed by atoms with Gasteiger partial charge in [-0.1, -0.05) is 11.8 Å². The first-order valence-electron chi connectivity index (χ1n) is 12.7. The van der Waals surface area contributed by atoms with Gasteiger partial charge in [0.2, 0.25) is 0 Å². The first-order chi connectivity index (χ1) is 17.0. The van der Waals surface area contributed by atoms with E-state index in [9.17, 15) is 4.79 Å². The van der Waals surface area contributed by atoms with Gasteiger partial charge in [0.1, 0.15) is 11.5 Å². The number of carbonyl (C=O) groups is 1. The van der Waals surface area contributed by atoms with Crippen LogP contribution in [0.1, 0.15) is 62.1 Å². The van der Waals surface area contributed by atoms with Crippen molar-refractivity contribution >= 4 is 5.97 Å². The van der Waals surface area contributed by atoms with E-state index in [-0.39, 0.29) is 18.2 Å². The Morgan fingerprint density at radius 2 is 1.54 bits per heavy atom. The van der Waals surface area contributed by atoms with Crippen LogP contribution in [0.15, 0.2) is 42.5 Å². The van der Waals surface area contributed by atoms with Crippen LogP contribution in [0.4, 0.5) is 0 Å². The Bertz CT molecular complexity index is 1070. The molecule has 4 aliphatic carbocycles. The van der Waals surface area contributed by atoms with Crippen LogP contribution < -0.4 is 9.47 Å². The lowest BCUT2D eigenvalue weighted by Crippen LogP contribution is -2.48. The molecule has 2 aromatic rings. The third kappa shape index (κ3) is 5.55. The highest BCUT2D eigenvalue weighted by atomic mass is 16.7. The Kier molecular flexibility index (Phi) is 7.13. The first kappa shape index (κ1) is 23.9. The molecule has 0 radical (unpaired) electrons. The molecule has 0 saturated heterocycles. The number of hydrogen-bond acceptors (Lipinski definition) is 5. The normalized spacial score (nSPS) is 26.2. The molecule has 0 aromatic heterocycles. The molecule has 5 nitrogen and oxygen atoms in total. The van der Waals surface area contributed by atoms with Gasteiger partial charge in [-0.2, -0.15) is 0 Å². The third-order valence-corrected chi connectivity index (χ3v) is 7.79. The van der Waals surface area contributed by atoms with Crippen molar-refractivity contribution in [3.05, 3.63) is 59.2 Å². The van der Waals surface area contributed by atoms with Gasteiger partial charge < -0.3 is 18.9 Å². The molecule has 0 aliphatic heterocycles. The van der Waals surface area contributed by atoms with Gasteiger partial charge in [0.25, 0.3) is 0 Å². The van der Waals surface area contributed by atoms with Gasteiger partial charge in [0, 0.05) is 30.7 Å². The minimum atomic E-state index is -0.326. The van der Waals surface area contributed by atoms with Crippen molar-refractivity contribution < 1.29 is 23.7 Å². The van der Waals surface area contributed by atoms with Crippen LogP contribution in [0.25, 0.3) is 0 Å². The molecule has 4 fully saturated rings. The zero-order chi connectivity index (χ0) is 24.3. The summed E-state index contributed by atoms with van der Waals surface area (Å²) in [6.45, 7) is 2.70. The quantitative estimate of drug-likeness (QED) is 0.167. The second-order valence-corrected chi connectivity index (χ2v) is 10.4. The van der Waals surface area contributed by atoms with E-state index in [2.05, 4.69) is 24.0 Å². The molecule has 4 bridgehead atoms. The van der Waals surface area contributed by atoms with Crippen LogP contribution in [-0.4, -0.2) is 33.1 Å². The van der Waals surface area contributed by atoms with Crippen LogP contribution in [-0.2, 0) is 19.7 Å². The van der Waals surface area contributed by atoms with Gasteiger partial charge >= 0.3 is 5.97 Å². The zero-order valence-electron chi connectivity index (χ0n) is 20.7. The van der Waals surface area contributed by atoms with Crippen LogP contribution in [0.5, 0.6) is 11.5 Å². The summed E-state index contributed by atoms with van der Waals surface area (Å²) in [5.41, 5.74) is 3.38. The molecule has 4 aliphatic rings. The summed E-state index contributed by atoms with van der Waals surface area (Å²) in [5.74, 6) is 10.3. The second kappa shape index (κ2) is 10.4. The first-order valence-corrected chi connectivity index (χ1v) is 12.7. The van der Waals surface area contributed by atoms with E-state index in [0.29, 0.717) is 19.0 Å². The lowest BCUT2D eigenvalue weighted by molar-refractivity contribution is -0.131. The predicted molar refractivity (Wildman–Crippen MR) is 133 cm³/mol. The molecule has 2 aromatic carbocycles. The molecular formula is C30H34O5. The molecule has 0 N–H and O–H groups in total. The Morgan fingerprint density at radius 1 is 0.914 bits per heavy atom. The van der Waals surface area contributed by atoms with E-state index in [1.807, 2.05) is 18.2 Å². The molecule has 0 amide bonds. The van der Waals surface area contributed by atoms with Crippen molar-refractivity contribution in [3.63, 3.8) is 0 Å². The highest BCUT2D eigenvalue weighted by molar-refractivity contribution is 5.69. The summed E-state index contributed by atoms with van der Waals surface area (Å²) in [7, 11) is 1.67. The van der Waals surface area contributed by atoms with Crippen LogP contribution in [0.2, 0.25) is 0 Å². The van der Waals surface area contributed by atoms with Gasteiger partial charge in [-0.05, 0) is 104 Å². The fourth-order valence-corrected chi connectivity index (χ4v) is 6.81. The van der Waals surface area contributed by atoms with Gasteiger partial charge in [-0.15, -0.1) is 0 Å². The Labute approximate surface area is 208 Å².